The third-order valence-electron chi connectivity index (χ3n) is 5.90. The van der Waals surface area contributed by atoms with Gasteiger partial charge in [0.05, 0.1) is 23.5 Å². The Balaban J connectivity index is 1.49. The highest BCUT2D eigenvalue weighted by Crippen LogP contribution is 2.39. The van der Waals surface area contributed by atoms with Gasteiger partial charge in [0.15, 0.2) is 11.4 Å². The van der Waals surface area contributed by atoms with Crippen LogP contribution in [0.5, 0.6) is 5.75 Å². The Morgan fingerprint density at radius 3 is 2.81 bits per heavy atom. The molecule has 2 aromatic heterocycles. The lowest BCUT2D eigenvalue weighted by Gasteiger charge is -2.51. The summed E-state index contributed by atoms with van der Waals surface area (Å²) in [5, 5.41) is 31.0. The van der Waals surface area contributed by atoms with Crippen molar-refractivity contribution in [2.45, 2.75) is 50.0 Å². The lowest BCUT2D eigenvalue weighted by molar-refractivity contribution is -0.246. The molecule has 2 aliphatic heterocycles. The second-order valence-electron chi connectivity index (χ2n) is 7.87. The normalized spacial score (nSPS) is 28.6. The summed E-state index contributed by atoms with van der Waals surface area (Å²) in [5.41, 5.74) is -1.24. The molecule has 4 heterocycles. The molecule has 0 unspecified atom stereocenters. The fraction of sp³-hybridized carbons (Fsp3) is 0.579. The number of aliphatic hydroxyl groups excluding tert-OH is 1. The van der Waals surface area contributed by atoms with Crippen molar-refractivity contribution in [3.63, 3.8) is 0 Å². The van der Waals surface area contributed by atoms with Crippen LogP contribution in [0.15, 0.2) is 29.2 Å². The van der Waals surface area contributed by atoms with E-state index in [1.165, 1.54) is 16.5 Å². The third kappa shape index (κ3) is 3.23. The van der Waals surface area contributed by atoms with E-state index in [0.717, 1.165) is 0 Å². The van der Waals surface area contributed by atoms with E-state index in [1.807, 2.05) is 0 Å². The van der Waals surface area contributed by atoms with E-state index in [0.29, 0.717) is 51.2 Å². The molecule has 8 heteroatoms. The molecule has 3 N–H and O–H groups in total. The maximum absolute atomic E-state index is 12.3. The summed E-state index contributed by atoms with van der Waals surface area (Å²) in [4.78, 5) is 18.8. The summed E-state index contributed by atoms with van der Waals surface area (Å²) < 4.78 is 7.22. The van der Waals surface area contributed by atoms with Gasteiger partial charge in [0.25, 0.3) is 5.56 Å². The highest BCUT2D eigenvalue weighted by Gasteiger charge is 2.52. The number of rotatable bonds is 2. The Morgan fingerprint density at radius 1 is 1.33 bits per heavy atom. The number of ether oxygens (including phenoxy) is 1. The number of aromatic nitrogens is 2. The molecule has 27 heavy (non-hydrogen) atoms. The van der Waals surface area contributed by atoms with Crippen molar-refractivity contribution >= 4 is 5.65 Å². The van der Waals surface area contributed by atoms with Crippen molar-refractivity contribution in [2.75, 3.05) is 19.7 Å². The van der Waals surface area contributed by atoms with Gasteiger partial charge in [-0.15, -0.1) is 0 Å². The minimum atomic E-state index is -1.13. The minimum Gasteiger partial charge on any atom is -0.504 e. The Morgan fingerprint density at radius 2 is 2.07 bits per heavy atom. The van der Waals surface area contributed by atoms with Crippen molar-refractivity contribution in [2.24, 2.45) is 0 Å². The van der Waals surface area contributed by atoms with Gasteiger partial charge in [-0.1, -0.05) is 0 Å². The first-order valence-corrected chi connectivity index (χ1v) is 9.28. The number of aromatic hydroxyl groups is 1. The van der Waals surface area contributed by atoms with Crippen LogP contribution in [-0.2, 0) is 11.3 Å². The quantitative estimate of drug-likeness (QED) is 0.691. The van der Waals surface area contributed by atoms with Gasteiger partial charge < -0.3 is 20.1 Å². The average molecular weight is 375 g/mol. The zero-order valence-electron chi connectivity index (χ0n) is 15.3. The van der Waals surface area contributed by atoms with E-state index < -0.39 is 17.3 Å². The molecule has 0 radical (unpaired) electrons. The van der Waals surface area contributed by atoms with Gasteiger partial charge in [0, 0.05) is 38.3 Å². The number of hydrogen-bond donors (Lipinski definition) is 3. The Bertz CT molecular complexity index is 902. The van der Waals surface area contributed by atoms with E-state index in [4.69, 9.17) is 4.74 Å². The molecule has 2 aliphatic rings. The van der Waals surface area contributed by atoms with Crippen LogP contribution in [0.2, 0.25) is 0 Å². The van der Waals surface area contributed by atoms with Crippen LogP contribution < -0.4 is 5.56 Å². The topological polar surface area (TPSA) is 108 Å². The molecule has 1 spiro atoms. The van der Waals surface area contributed by atoms with Crippen LogP contribution >= 0.6 is 0 Å². The first-order valence-electron chi connectivity index (χ1n) is 9.28. The summed E-state index contributed by atoms with van der Waals surface area (Å²) >= 11 is 0. The van der Waals surface area contributed by atoms with Crippen molar-refractivity contribution < 1.29 is 20.1 Å². The van der Waals surface area contributed by atoms with E-state index in [9.17, 15) is 20.1 Å². The van der Waals surface area contributed by atoms with Crippen LogP contribution in [0.3, 0.4) is 0 Å². The smallest absolute Gasteiger partial charge is 0.258 e. The van der Waals surface area contributed by atoms with Crippen LogP contribution in [0.25, 0.3) is 5.65 Å². The lowest BCUT2D eigenvalue weighted by atomic mass is 9.75. The lowest BCUT2D eigenvalue weighted by Crippen LogP contribution is -2.64. The van der Waals surface area contributed by atoms with Crippen LogP contribution in [0.1, 0.15) is 31.9 Å². The predicted octanol–water partition coefficient (Wildman–Crippen LogP) is 0.267. The van der Waals surface area contributed by atoms with Crippen LogP contribution in [-0.4, -0.2) is 66.6 Å². The van der Waals surface area contributed by atoms with Gasteiger partial charge in [0.2, 0.25) is 0 Å². The summed E-state index contributed by atoms with van der Waals surface area (Å²) in [6, 6.07) is 4.58. The highest BCUT2D eigenvalue weighted by atomic mass is 16.5. The predicted molar refractivity (Wildman–Crippen MR) is 97.6 cm³/mol. The first kappa shape index (κ1) is 18.4. The molecular weight excluding hydrogens is 350 g/mol. The Kier molecular flexibility index (Phi) is 4.46. The fourth-order valence-corrected chi connectivity index (χ4v) is 4.22. The Hall–Kier alpha value is -2.00. The van der Waals surface area contributed by atoms with E-state index in [2.05, 4.69) is 9.88 Å². The number of nitrogens with zero attached hydrogens (tertiary/aromatic N) is 3. The maximum atomic E-state index is 12.3. The van der Waals surface area contributed by atoms with Crippen molar-refractivity contribution in [3.05, 3.63) is 40.4 Å². The number of fused-ring (bicyclic) bond motifs is 1. The number of aliphatic hydroxyl groups is 2. The zero-order valence-corrected chi connectivity index (χ0v) is 15.3. The van der Waals surface area contributed by atoms with Crippen molar-refractivity contribution in [1.82, 2.24) is 14.3 Å². The summed E-state index contributed by atoms with van der Waals surface area (Å²) in [6.07, 6.45) is 2.28. The van der Waals surface area contributed by atoms with Gasteiger partial charge in [-0.2, -0.15) is 0 Å². The number of pyridine rings is 1. The molecule has 0 aromatic carbocycles. The van der Waals surface area contributed by atoms with Gasteiger partial charge in [-0.05, 0) is 31.9 Å². The van der Waals surface area contributed by atoms with E-state index >= 15 is 0 Å². The first-order chi connectivity index (χ1) is 12.8. The third-order valence-corrected chi connectivity index (χ3v) is 5.90. The second kappa shape index (κ2) is 6.56. The highest BCUT2D eigenvalue weighted by molar-refractivity contribution is 5.52. The average Bonchev–Trinajstić information content (AvgIpc) is 2.63. The summed E-state index contributed by atoms with van der Waals surface area (Å²) in [6.45, 7) is 3.89. The molecule has 4 rings (SSSR count). The molecule has 2 fully saturated rings. The molecule has 2 atom stereocenters. The van der Waals surface area contributed by atoms with E-state index in [-0.39, 0.29) is 17.0 Å². The zero-order chi connectivity index (χ0) is 19.2. The fourth-order valence-electron chi connectivity index (χ4n) is 4.22. The molecule has 8 nitrogen and oxygen atoms in total. The number of piperidine rings is 1. The number of likely N-dealkylation sites (tertiary alicyclic amines) is 1. The molecule has 0 bridgehead atoms. The molecule has 146 valence electrons. The van der Waals surface area contributed by atoms with E-state index in [1.54, 1.807) is 19.2 Å². The molecule has 0 aliphatic carbocycles. The molecule has 0 saturated carbocycles. The monoisotopic (exact) mass is 375 g/mol. The number of hydrogen-bond acceptors (Lipinski definition) is 7. The minimum absolute atomic E-state index is 0.0324. The molecule has 2 saturated heterocycles. The largest absolute Gasteiger partial charge is 0.504 e. The van der Waals surface area contributed by atoms with Gasteiger partial charge in [0.1, 0.15) is 6.10 Å². The molecular formula is C19H25N3O5. The van der Waals surface area contributed by atoms with Gasteiger partial charge in [-0.25, -0.2) is 4.98 Å². The summed E-state index contributed by atoms with van der Waals surface area (Å²) in [7, 11) is 0. The SMILES string of the molecule is C[C@@]1(O)CCOC2(CCN(Cc3cc(=O)n4cccc(O)c4n3)CC2)[C@H]1O. The maximum Gasteiger partial charge on any atom is 0.258 e. The Labute approximate surface area is 156 Å². The standard InChI is InChI=1S/C19H25N3O5/c1-18(26)6-10-27-19(17(18)25)4-8-21(9-5-19)12-13-11-15(24)22-7-2-3-14(23)16(22)20-13/h2-3,7,11,17,23,25-26H,4-6,8-10,12H2,1H3/t17-,18+/m0/s1. The van der Waals surface area contributed by atoms with Gasteiger partial charge in [-0.3, -0.25) is 14.1 Å². The summed E-state index contributed by atoms with van der Waals surface area (Å²) in [5.74, 6) is -0.0324. The van der Waals surface area contributed by atoms with Gasteiger partial charge >= 0.3 is 0 Å². The molecule has 2 aromatic rings. The van der Waals surface area contributed by atoms with Crippen molar-refractivity contribution in [3.8, 4) is 5.75 Å². The van der Waals surface area contributed by atoms with Crippen LogP contribution in [0.4, 0.5) is 0 Å². The van der Waals surface area contributed by atoms with Crippen molar-refractivity contribution in [1.29, 1.82) is 0 Å². The second-order valence-corrected chi connectivity index (χ2v) is 7.87. The molecule has 0 amide bonds. The van der Waals surface area contributed by atoms with Crippen LogP contribution in [0, 0.1) is 0 Å².